The van der Waals surface area contributed by atoms with E-state index >= 15 is 0 Å². The van der Waals surface area contributed by atoms with Crippen LogP contribution in [0.25, 0.3) is 10.9 Å². The van der Waals surface area contributed by atoms with E-state index in [0.717, 1.165) is 36.8 Å². The third-order valence-electron chi connectivity index (χ3n) is 3.89. The molecule has 0 radical (unpaired) electrons. The second kappa shape index (κ2) is 7.25. The molecule has 23 heavy (non-hydrogen) atoms. The third kappa shape index (κ3) is 3.46. The van der Waals surface area contributed by atoms with Crippen molar-refractivity contribution in [3.05, 3.63) is 12.1 Å². The van der Waals surface area contributed by atoms with Crippen molar-refractivity contribution < 1.29 is 9.47 Å². The fourth-order valence-corrected chi connectivity index (χ4v) is 2.76. The second-order valence-electron chi connectivity index (χ2n) is 5.32. The van der Waals surface area contributed by atoms with Gasteiger partial charge >= 0.3 is 0 Å². The van der Waals surface area contributed by atoms with Gasteiger partial charge in [0.05, 0.1) is 5.52 Å². The Hall–Kier alpha value is -1.70. The van der Waals surface area contributed by atoms with Gasteiger partial charge in [-0.05, 0) is 32.0 Å². The number of nitrogens with one attached hydrogen (secondary N) is 2. The number of benzene rings is 1. The average molecular weight is 360 g/mol. The van der Waals surface area contributed by atoms with Gasteiger partial charge in [0.25, 0.3) is 0 Å². The molecule has 0 unspecified atom stereocenters. The van der Waals surface area contributed by atoms with Crippen LogP contribution in [0.5, 0.6) is 11.5 Å². The van der Waals surface area contributed by atoms with Crippen molar-refractivity contribution in [2.75, 3.05) is 30.9 Å². The fraction of sp³-hybridized carbons (Fsp3) is 0.429. The van der Waals surface area contributed by atoms with Crippen LogP contribution in [0.3, 0.4) is 0 Å². The first-order valence-electron chi connectivity index (χ1n) is 7.14. The molecule has 9 heteroatoms. The van der Waals surface area contributed by atoms with Crippen molar-refractivity contribution in [1.29, 1.82) is 0 Å². The van der Waals surface area contributed by atoms with Gasteiger partial charge in [-0.25, -0.2) is 4.98 Å². The zero-order valence-corrected chi connectivity index (χ0v) is 14.0. The van der Waals surface area contributed by atoms with Gasteiger partial charge in [-0.15, -0.1) is 24.8 Å². The molecule has 1 saturated heterocycles. The van der Waals surface area contributed by atoms with Crippen LogP contribution >= 0.6 is 24.8 Å². The first kappa shape index (κ1) is 17.7. The molecule has 0 spiro atoms. The van der Waals surface area contributed by atoms with Gasteiger partial charge in [0.15, 0.2) is 11.5 Å². The van der Waals surface area contributed by atoms with E-state index in [1.165, 1.54) is 0 Å². The summed E-state index contributed by atoms with van der Waals surface area (Å²) in [7, 11) is 0. The minimum absolute atomic E-state index is 0. The fourth-order valence-electron chi connectivity index (χ4n) is 2.76. The van der Waals surface area contributed by atoms with Crippen molar-refractivity contribution in [3.63, 3.8) is 0 Å². The SMILES string of the molecule is Cl.Cl.Nc1nc(NC2CCNCC2)nc2cc3c(cc12)OCO3. The highest BCUT2D eigenvalue weighted by Gasteiger charge is 2.18. The minimum atomic E-state index is 0. The molecule has 1 fully saturated rings. The van der Waals surface area contributed by atoms with E-state index in [9.17, 15) is 0 Å². The van der Waals surface area contributed by atoms with E-state index in [-0.39, 0.29) is 31.6 Å². The Bertz CT molecular complexity index is 694. The largest absolute Gasteiger partial charge is 0.454 e. The molecule has 0 saturated carbocycles. The van der Waals surface area contributed by atoms with Crippen LogP contribution in [0.4, 0.5) is 11.8 Å². The predicted octanol–water partition coefficient (Wildman–Crippen LogP) is 1.95. The van der Waals surface area contributed by atoms with Crippen LogP contribution in [0, 0.1) is 0 Å². The summed E-state index contributed by atoms with van der Waals surface area (Å²) in [6, 6.07) is 4.07. The van der Waals surface area contributed by atoms with Gasteiger partial charge in [-0.3, -0.25) is 0 Å². The number of ether oxygens (including phenoxy) is 2. The Kier molecular flexibility index (Phi) is 5.56. The zero-order chi connectivity index (χ0) is 14.2. The highest BCUT2D eigenvalue weighted by Crippen LogP contribution is 2.37. The van der Waals surface area contributed by atoms with Crippen molar-refractivity contribution >= 4 is 47.5 Å². The van der Waals surface area contributed by atoms with Crippen LogP contribution in [-0.4, -0.2) is 35.9 Å². The number of hydrogen-bond donors (Lipinski definition) is 3. The van der Waals surface area contributed by atoms with Crippen LogP contribution in [0.1, 0.15) is 12.8 Å². The standard InChI is InChI=1S/C14H17N5O2.2ClH/c15-13-9-5-11-12(21-7-20-11)6-10(9)18-14(19-13)17-8-1-3-16-4-2-8;;/h5-6,8,16H,1-4,7H2,(H3,15,17,18,19);2*1H. The van der Waals surface area contributed by atoms with Crippen molar-refractivity contribution in [1.82, 2.24) is 15.3 Å². The lowest BCUT2D eigenvalue weighted by Gasteiger charge is -2.23. The molecule has 0 bridgehead atoms. The lowest BCUT2D eigenvalue weighted by Crippen LogP contribution is -2.35. The molecule has 7 nitrogen and oxygen atoms in total. The number of halogens is 2. The third-order valence-corrected chi connectivity index (χ3v) is 3.89. The molecule has 0 aliphatic carbocycles. The molecule has 3 heterocycles. The maximum absolute atomic E-state index is 6.06. The van der Waals surface area contributed by atoms with Gasteiger partial charge in [-0.1, -0.05) is 0 Å². The van der Waals surface area contributed by atoms with E-state index in [2.05, 4.69) is 20.6 Å². The highest BCUT2D eigenvalue weighted by molar-refractivity contribution is 5.91. The first-order chi connectivity index (χ1) is 10.3. The summed E-state index contributed by atoms with van der Waals surface area (Å²) in [6.45, 7) is 2.26. The summed E-state index contributed by atoms with van der Waals surface area (Å²) in [5.74, 6) is 2.42. The van der Waals surface area contributed by atoms with Gasteiger partial charge in [-0.2, -0.15) is 4.98 Å². The average Bonchev–Trinajstić information content (AvgIpc) is 2.94. The Morgan fingerprint density at radius 1 is 1.09 bits per heavy atom. The molecule has 2 aliphatic rings. The Morgan fingerprint density at radius 2 is 1.78 bits per heavy atom. The smallest absolute Gasteiger partial charge is 0.231 e. The number of nitrogens with two attached hydrogens (primary N) is 1. The molecular formula is C14H19Cl2N5O2. The van der Waals surface area contributed by atoms with Crippen molar-refractivity contribution in [3.8, 4) is 11.5 Å². The molecule has 1 aromatic carbocycles. The van der Waals surface area contributed by atoms with Gasteiger partial charge in [0, 0.05) is 17.5 Å². The van der Waals surface area contributed by atoms with Crippen LogP contribution in [-0.2, 0) is 0 Å². The summed E-state index contributed by atoms with van der Waals surface area (Å²) in [6.07, 6.45) is 2.12. The number of nitrogens with zero attached hydrogens (tertiary/aromatic N) is 2. The molecular weight excluding hydrogens is 341 g/mol. The van der Waals surface area contributed by atoms with Crippen molar-refractivity contribution in [2.45, 2.75) is 18.9 Å². The Balaban J connectivity index is 0.000000960. The number of nitrogen functional groups attached to an aromatic ring is 1. The van der Waals surface area contributed by atoms with E-state index in [1.54, 1.807) is 0 Å². The van der Waals surface area contributed by atoms with Gasteiger partial charge in [0.2, 0.25) is 12.7 Å². The quantitative estimate of drug-likeness (QED) is 0.754. The number of aromatic nitrogens is 2. The lowest BCUT2D eigenvalue weighted by atomic mass is 10.1. The Labute approximate surface area is 146 Å². The number of piperidine rings is 1. The second-order valence-corrected chi connectivity index (χ2v) is 5.32. The highest BCUT2D eigenvalue weighted by atomic mass is 35.5. The predicted molar refractivity (Wildman–Crippen MR) is 94.1 cm³/mol. The summed E-state index contributed by atoms with van der Waals surface area (Å²) < 4.78 is 10.7. The molecule has 4 rings (SSSR count). The number of anilines is 2. The molecule has 2 aromatic rings. The number of rotatable bonds is 2. The summed E-state index contributed by atoms with van der Waals surface area (Å²) >= 11 is 0. The topological polar surface area (TPSA) is 94.3 Å². The minimum Gasteiger partial charge on any atom is -0.454 e. The van der Waals surface area contributed by atoms with Crippen LogP contribution in [0.2, 0.25) is 0 Å². The van der Waals surface area contributed by atoms with Gasteiger partial charge < -0.3 is 25.8 Å². The van der Waals surface area contributed by atoms with Crippen molar-refractivity contribution in [2.24, 2.45) is 0 Å². The van der Waals surface area contributed by atoms with Crippen LogP contribution in [0.15, 0.2) is 12.1 Å². The molecule has 126 valence electrons. The molecule has 2 aliphatic heterocycles. The van der Waals surface area contributed by atoms with E-state index in [0.29, 0.717) is 29.3 Å². The van der Waals surface area contributed by atoms with E-state index in [4.69, 9.17) is 15.2 Å². The molecule has 4 N–H and O–H groups in total. The van der Waals surface area contributed by atoms with Crippen LogP contribution < -0.4 is 25.8 Å². The number of hydrogen-bond acceptors (Lipinski definition) is 7. The normalized spacial score (nSPS) is 16.5. The molecule has 0 amide bonds. The Morgan fingerprint density at radius 3 is 2.52 bits per heavy atom. The first-order valence-corrected chi connectivity index (χ1v) is 7.14. The maximum Gasteiger partial charge on any atom is 0.231 e. The van der Waals surface area contributed by atoms with E-state index in [1.807, 2.05) is 12.1 Å². The summed E-state index contributed by atoms with van der Waals surface area (Å²) in [5.41, 5.74) is 6.82. The monoisotopic (exact) mass is 359 g/mol. The lowest BCUT2D eigenvalue weighted by molar-refractivity contribution is 0.174. The molecule has 1 aromatic heterocycles. The summed E-state index contributed by atoms with van der Waals surface area (Å²) in [4.78, 5) is 8.91. The maximum atomic E-state index is 6.06. The molecule has 0 atom stereocenters. The summed E-state index contributed by atoms with van der Waals surface area (Å²) in [5, 5.41) is 7.49. The number of fused-ring (bicyclic) bond motifs is 2. The zero-order valence-electron chi connectivity index (χ0n) is 12.4. The van der Waals surface area contributed by atoms with Gasteiger partial charge in [0.1, 0.15) is 5.82 Å². The van der Waals surface area contributed by atoms with E-state index < -0.39 is 0 Å².